The predicted octanol–water partition coefficient (Wildman–Crippen LogP) is 1.83. The van der Waals surface area contributed by atoms with E-state index in [-0.39, 0.29) is 5.91 Å². The second kappa shape index (κ2) is 3.05. The molecular weight excluding hydrogens is 162 g/mol. The van der Waals surface area contributed by atoms with Gasteiger partial charge in [-0.1, -0.05) is 30.4 Å². The minimum atomic E-state index is -0.337. The summed E-state index contributed by atoms with van der Waals surface area (Å²) in [4.78, 5) is 11.1. The van der Waals surface area contributed by atoms with Crippen molar-refractivity contribution in [2.24, 2.45) is 5.73 Å². The lowest BCUT2D eigenvalue weighted by atomic mass is 9.85. The molecule has 1 aromatic rings. The van der Waals surface area contributed by atoms with Crippen molar-refractivity contribution >= 4 is 5.91 Å². The molecule has 1 atom stereocenters. The Balaban J connectivity index is 2.43. The third kappa shape index (κ3) is 1.35. The Morgan fingerprint density at radius 2 is 2.08 bits per heavy atom. The number of primary amides is 1. The summed E-state index contributed by atoms with van der Waals surface area (Å²) in [5, 5.41) is 0. The van der Waals surface area contributed by atoms with E-state index in [2.05, 4.69) is 12.2 Å². The van der Waals surface area contributed by atoms with Crippen LogP contribution in [0.25, 0.3) is 0 Å². The molecule has 13 heavy (non-hydrogen) atoms. The van der Waals surface area contributed by atoms with E-state index in [4.69, 9.17) is 5.73 Å². The van der Waals surface area contributed by atoms with E-state index in [0.717, 1.165) is 12.0 Å². The Morgan fingerprint density at radius 1 is 1.38 bits per heavy atom. The number of allylic oxidation sites excluding steroid dienone is 2. The number of amides is 1. The molecule has 2 nitrogen and oxygen atoms in total. The molecule has 0 saturated heterocycles. The topological polar surface area (TPSA) is 43.1 Å². The Bertz CT molecular complexity index is 368. The molecule has 1 unspecified atom stereocenters. The summed E-state index contributed by atoms with van der Waals surface area (Å²) >= 11 is 0. The van der Waals surface area contributed by atoms with E-state index < -0.39 is 0 Å². The molecule has 2 N–H and O–H groups in total. The highest BCUT2D eigenvalue weighted by Crippen LogP contribution is 2.30. The van der Waals surface area contributed by atoms with Crippen LogP contribution in [0.1, 0.15) is 28.3 Å². The molecular formula is C11H11NO. The summed E-state index contributed by atoms with van der Waals surface area (Å²) < 4.78 is 0. The van der Waals surface area contributed by atoms with Crippen LogP contribution >= 0.6 is 0 Å². The Labute approximate surface area is 77.1 Å². The maximum absolute atomic E-state index is 11.1. The summed E-state index contributed by atoms with van der Waals surface area (Å²) in [6.07, 6.45) is 5.22. The highest BCUT2D eigenvalue weighted by atomic mass is 16.1. The van der Waals surface area contributed by atoms with Gasteiger partial charge in [-0.2, -0.15) is 0 Å². The lowest BCUT2D eigenvalue weighted by Gasteiger charge is -2.19. The quantitative estimate of drug-likeness (QED) is 0.681. The van der Waals surface area contributed by atoms with Crippen LogP contribution in [0.3, 0.4) is 0 Å². The van der Waals surface area contributed by atoms with Crippen LogP contribution in [0.2, 0.25) is 0 Å². The molecule has 0 fully saturated rings. The standard InChI is InChI=1S/C11H11NO/c12-11(13)10-7-2-1-6-9(10)8-4-3-5-8/h1-4,6-8H,5H2,(H2,12,13). The number of carbonyl (C=O) groups is 1. The van der Waals surface area contributed by atoms with Gasteiger partial charge in [-0.25, -0.2) is 0 Å². The molecule has 66 valence electrons. The van der Waals surface area contributed by atoms with Crippen LogP contribution in [0.5, 0.6) is 0 Å². The smallest absolute Gasteiger partial charge is 0.248 e. The van der Waals surface area contributed by atoms with Gasteiger partial charge < -0.3 is 5.73 Å². The zero-order valence-corrected chi connectivity index (χ0v) is 7.23. The van der Waals surface area contributed by atoms with Crippen LogP contribution in [-0.2, 0) is 0 Å². The van der Waals surface area contributed by atoms with Crippen LogP contribution < -0.4 is 5.73 Å². The average Bonchev–Trinajstić information content (AvgIpc) is 2.02. The van der Waals surface area contributed by atoms with E-state index >= 15 is 0 Å². The molecule has 0 bridgehead atoms. The first kappa shape index (κ1) is 8.05. The van der Waals surface area contributed by atoms with Crippen molar-refractivity contribution in [3.8, 4) is 0 Å². The van der Waals surface area contributed by atoms with Gasteiger partial charge in [-0.3, -0.25) is 4.79 Å². The molecule has 0 saturated carbocycles. The van der Waals surface area contributed by atoms with Crippen molar-refractivity contribution in [3.63, 3.8) is 0 Å². The summed E-state index contributed by atoms with van der Waals surface area (Å²) in [6, 6.07) is 7.53. The third-order valence-electron chi connectivity index (χ3n) is 2.38. The molecule has 2 rings (SSSR count). The first-order chi connectivity index (χ1) is 6.29. The fraction of sp³-hybridized carbons (Fsp3) is 0.182. The van der Waals surface area contributed by atoms with Crippen LogP contribution in [0, 0.1) is 0 Å². The van der Waals surface area contributed by atoms with Crippen molar-refractivity contribution < 1.29 is 4.79 Å². The van der Waals surface area contributed by atoms with E-state index in [1.807, 2.05) is 18.2 Å². The fourth-order valence-electron chi connectivity index (χ4n) is 1.55. The monoisotopic (exact) mass is 173 g/mol. The van der Waals surface area contributed by atoms with E-state index in [0.29, 0.717) is 11.5 Å². The van der Waals surface area contributed by atoms with Gasteiger partial charge in [0.25, 0.3) is 0 Å². The summed E-state index contributed by atoms with van der Waals surface area (Å²) in [7, 11) is 0. The minimum Gasteiger partial charge on any atom is -0.366 e. The second-order valence-corrected chi connectivity index (χ2v) is 3.22. The van der Waals surface area contributed by atoms with Crippen molar-refractivity contribution in [2.45, 2.75) is 12.3 Å². The van der Waals surface area contributed by atoms with Crippen molar-refractivity contribution in [1.29, 1.82) is 0 Å². The molecule has 0 heterocycles. The summed E-state index contributed by atoms with van der Waals surface area (Å²) in [6.45, 7) is 0. The Hall–Kier alpha value is -1.57. The highest BCUT2D eigenvalue weighted by molar-refractivity contribution is 5.94. The SMILES string of the molecule is NC(=O)c1ccccc1C1C=CC1. The molecule has 1 aliphatic rings. The first-order valence-corrected chi connectivity index (χ1v) is 4.34. The number of nitrogens with two attached hydrogens (primary N) is 1. The van der Waals surface area contributed by atoms with Gasteiger partial charge in [0.1, 0.15) is 0 Å². The second-order valence-electron chi connectivity index (χ2n) is 3.22. The number of hydrogen-bond donors (Lipinski definition) is 1. The molecule has 0 aliphatic heterocycles. The summed E-state index contributed by atoms with van der Waals surface area (Å²) in [5.74, 6) is 0.0552. The van der Waals surface area contributed by atoms with Gasteiger partial charge >= 0.3 is 0 Å². The van der Waals surface area contributed by atoms with Gasteiger partial charge in [0.2, 0.25) is 5.91 Å². The average molecular weight is 173 g/mol. The number of carbonyl (C=O) groups excluding carboxylic acids is 1. The number of benzene rings is 1. The van der Waals surface area contributed by atoms with Crippen LogP contribution in [0.15, 0.2) is 36.4 Å². The maximum Gasteiger partial charge on any atom is 0.248 e. The molecule has 0 spiro atoms. The lowest BCUT2D eigenvalue weighted by molar-refractivity contribution is 0.0999. The maximum atomic E-state index is 11.1. The highest BCUT2D eigenvalue weighted by Gasteiger charge is 2.17. The van der Waals surface area contributed by atoms with Crippen LogP contribution in [-0.4, -0.2) is 5.91 Å². The Morgan fingerprint density at radius 3 is 2.62 bits per heavy atom. The summed E-state index contributed by atoms with van der Waals surface area (Å²) in [5.41, 5.74) is 6.97. The van der Waals surface area contributed by atoms with Gasteiger partial charge in [0, 0.05) is 11.5 Å². The first-order valence-electron chi connectivity index (χ1n) is 4.34. The number of hydrogen-bond acceptors (Lipinski definition) is 1. The number of rotatable bonds is 2. The fourth-order valence-corrected chi connectivity index (χ4v) is 1.55. The van der Waals surface area contributed by atoms with Gasteiger partial charge in [0.05, 0.1) is 0 Å². The zero-order chi connectivity index (χ0) is 9.26. The van der Waals surface area contributed by atoms with E-state index in [1.165, 1.54) is 0 Å². The molecule has 2 heteroatoms. The molecule has 0 aromatic heterocycles. The lowest BCUT2D eigenvalue weighted by Crippen LogP contribution is -2.16. The minimum absolute atomic E-state index is 0.337. The van der Waals surface area contributed by atoms with E-state index in [1.54, 1.807) is 6.07 Å². The third-order valence-corrected chi connectivity index (χ3v) is 2.38. The van der Waals surface area contributed by atoms with Crippen LogP contribution in [0.4, 0.5) is 0 Å². The molecule has 1 amide bonds. The van der Waals surface area contributed by atoms with Gasteiger partial charge in [-0.15, -0.1) is 0 Å². The van der Waals surface area contributed by atoms with E-state index in [9.17, 15) is 4.79 Å². The Kier molecular flexibility index (Phi) is 1.89. The van der Waals surface area contributed by atoms with Gasteiger partial charge in [0.15, 0.2) is 0 Å². The normalized spacial score (nSPS) is 19.5. The molecule has 0 radical (unpaired) electrons. The largest absolute Gasteiger partial charge is 0.366 e. The molecule has 1 aromatic carbocycles. The molecule has 1 aliphatic carbocycles. The van der Waals surface area contributed by atoms with Gasteiger partial charge in [-0.05, 0) is 18.1 Å². The van der Waals surface area contributed by atoms with Crippen molar-refractivity contribution in [1.82, 2.24) is 0 Å². The van der Waals surface area contributed by atoms with Crippen molar-refractivity contribution in [2.75, 3.05) is 0 Å². The van der Waals surface area contributed by atoms with Crippen molar-refractivity contribution in [3.05, 3.63) is 47.5 Å². The zero-order valence-electron chi connectivity index (χ0n) is 7.23. The predicted molar refractivity (Wildman–Crippen MR) is 51.5 cm³/mol.